The molecule has 0 spiro atoms. The Morgan fingerprint density at radius 3 is 2.73 bits per heavy atom. The predicted molar refractivity (Wildman–Crippen MR) is 58.6 cm³/mol. The molecule has 2 N–H and O–H groups in total. The Morgan fingerprint density at radius 1 is 1.60 bits per heavy atom. The van der Waals surface area contributed by atoms with E-state index in [0.717, 1.165) is 10.2 Å². The van der Waals surface area contributed by atoms with Crippen LogP contribution in [0, 0.1) is 5.41 Å². The Morgan fingerprint density at radius 2 is 2.33 bits per heavy atom. The second-order valence-electron chi connectivity index (χ2n) is 3.83. The van der Waals surface area contributed by atoms with Crippen LogP contribution >= 0.6 is 15.9 Å². The summed E-state index contributed by atoms with van der Waals surface area (Å²) >= 11 is 3.29. The standard InChI is InChI=1S/C10H11BrN2O2/c11-7-1-2-8(13-4-7)3-10(9(14)15)5-12-6-10/h1-2,4,12H,3,5-6H2,(H,14,15). The molecule has 0 radical (unpaired) electrons. The molecule has 0 atom stereocenters. The number of hydrogen-bond donors (Lipinski definition) is 2. The number of nitrogens with zero attached hydrogens (tertiary/aromatic N) is 1. The number of nitrogens with one attached hydrogen (secondary N) is 1. The third kappa shape index (κ3) is 2.03. The summed E-state index contributed by atoms with van der Waals surface area (Å²) in [5.41, 5.74) is 0.169. The van der Waals surface area contributed by atoms with Crippen LogP contribution in [0.4, 0.5) is 0 Å². The topological polar surface area (TPSA) is 62.2 Å². The first-order valence-electron chi connectivity index (χ1n) is 4.67. The summed E-state index contributed by atoms with van der Waals surface area (Å²) < 4.78 is 0.905. The van der Waals surface area contributed by atoms with Gasteiger partial charge in [-0.3, -0.25) is 9.78 Å². The Bertz CT molecular complexity index is 374. The molecule has 0 amide bonds. The molecule has 2 heterocycles. The second-order valence-corrected chi connectivity index (χ2v) is 4.75. The van der Waals surface area contributed by atoms with E-state index >= 15 is 0 Å². The van der Waals surface area contributed by atoms with Crippen LogP contribution in [0.1, 0.15) is 5.69 Å². The number of carbonyl (C=O) groups is 1. The summed E-state index contributed by atoms with van der Waals surface area (Å²) in [7, 11) is 0. The van der Waals surface area contributed by atoms with Gasteiger partial charge in [0.2, 0.25) is 0 Å². The molecule has 4 nitrogen and oxygen atoms in total. The molecule has 0 bridgehead atoms. The zero-order chi connectivity index (χ0) is 10.9. The number of hydrogen-bond acceptors (Lipinski definition) is 3. The van der Waals surface area contributed by atoms with Gasteiger partial charge in [0.05, 0.1) is 5.41 Å². The molecule has 1 saturated heterocycles. The maximum absolute atomic E-state index is 11.1. The SMILES string of the molecule is O=C(O)C1(Cc2ccc(Br)cn2)CNC1. The fourth-order valence-corrected chi connectivity index (χ4v) is 1.87. The van der Waals surface area contributed by atoms with E-state index in [1.165, 1.54) is 0 Å². The molecule has 0 saturated carbocycles. The quantitative estimate of drug-likeness (QED) is 0.863. The summed E-state index contributed by atoms with van der Waals surface area (Å²) in [6.45, 7) is 1.06. The van der Waals surface area contributed by atoms with Gasteiger partial charge in [0, 0.05) is 35.9 Å². The maximum atomic E-state index is 11.1. The third-order valence-electron chi connectivity index (χ3n) is 2.69. The number of aromatic nitrogens is 1. The second kappa shape index (κ2) is 3.90. The van der Waals surface area contributed by atoms with Crippen LogP contribution in [-0.2, 0) is 11.2 Å². The van der Waals surface area contributed by atoms with Gasteiger partial charge in [-0.15, -0.1) is 0 Å². The molecular weight excluding hydrogens is 260 g/mol. The van der Waals surface area contributed by atoms with Crippen LogP contribution in [-0.4, -0.2) is 29.1 Å². The number of carboxylic acids is 1. The summed E-state index contributed by atoms with van der Waals surface area (Å²) in [4.78, 5) is 15.3. The van der Waals surface area contributed by atoms with Gasteiger partial charge in [-0.2, -0.15) is 0 Å². The zero-order valence-electron chi connectivity index (χ0n) is 8.03. The van der Waals surface area contributed by atoms with Gasteiger partial charge < -0.3 is 10.4 Å². The highest BCUT2D eigenvalue weighted by Crippen LogP contribution is 2.27. The lowest BCUT2D eigenvalue weighted by Crippen LogP contribution is -2.59. The summed E-state index contributed by atoms with van der Waals surface area (Å²) in [6, 6.07) is 3.73. The minimum absolute atomic E-state index is 0.489. The van der Waals surface area contributed by atoms with Crippen LogP contribution in [0.5, 0.6) is 0 Å². The minimum atomic E-state index is -0.744. The lowest BCUT2D eigenvalue weighted by Gasteiger charge is -2.38. The molecule has 0 aliphatic carbocycles. The fourth-order valence-electron chi connectivity index (χ4n) is 1.64. The fraction of sp³-hybridized carbons (Fsp3) is 0.400. The van der Waals surface area contributed by atoms with Crippen molar-refractivity contribution >= 4 is 21.9 Å². The summed E-state index contributed by atoms with van der Waals surface area (Å²) in [6.07, 6.45) is 2.18. The van der Waals surface area contributed by atoms with Crippen molar-refractivity contribution in [1.82, 2.24) is 10.3 Å². The molecule has 80 valence electrons. The highest BCUT2D eigenvalue weighted by atomic mass is 79.9. The van der Waals surface area contributed by atoms with Gasteiger partial charge in [0.1, 0.15) is 0 Å². The minimum Gasteiger partial charge on any atom is -0.481 e. The van der Waals surface area contributed by atoms with E-state index in [1.54, 1.807) is 6.20 Å². The summed E-state index contributed by atoms with van der Waals surface area (Å²) in [5.74, 6) is -0.744. The molecule has 1 aromatic heterocycles. The van der Waals surface area contributed by atoms with Crippen molar-refractivity contribution in [1.29, 1.82) is 0 Å². The Labute approximate surface area is 95.8 Å². The first-order chi connectivity index (χ1) is 7.12. The van der Waals surface area contributed by atoms with E-state index < -0.39 is 11.4 Å². The number of pyridine rings is 1. The van der Waals surface area contributed by atoms with Crippen LogP contribution in [0.15, 0.2) is 22.8 Å². The van der Waals surface area contributed by atoms with Crippen molar-refractivity contribution in [3.8, 4) is 0 Å². The van der Waals surface area contributed by atoms with Crippen LogP contribution < -0.4 is 5.32 Å². The Hall–Kier alpha value is -0.940. The molecule has 1 fully saturated rings. The van der Waals surface area contributed by atoms with E-state index in [4.69, 9.17) is 5.11 Å². The maximum Gasteiger partial charge on any atom is 0.312 e. The van der Waals surface area contributed by atoms with Crippen LogP contribution in [0.25, 0.3) is 0 Å². The third-order valence-corrected chi connectivity index (χ3v) is 3.16. The number of aliphatic carboxylic acids is 1. The van der Waals surface area contributed by atoms with Crippen molar-refractivity contribution in [2.45, 2.75) is 6.42 Å². The summed E-state index contributed by atoms with van der Waals surface area (Å²) in [5, 5.41) is 12.1. The van der Waals surface area contributed by atoms with E-state index in [-0.39, 0.29) is 0 Å². The Balaban J connectivity index is 2.13. The normalized spacial score (nSPS) is 18.2. The van der Waals surface area contributed by atoms with Crippen molar-refractivity contribution in [3.05, 3.63) is 28.5 Å². The molecule has 0 unspecified atom stereocenters. The lowest BCUT2D eigenvalue weighted by atomic mass is 9.77. The molecule has 1 aromatic rings. The first kappa shape index (κ1) is 10.6. The smallest absolute Gasteiger partial charge is 0.312 e. The van der Waals surface area contributed by atoms with Gasteiger partial charge in [-0.05, 0) is 28.1 Å². The molecule has 0 aromatic carbocycles. The largest absolute Gasteiger partial charge is 0.481 e. The monoisotopic (exact) mass is 270 g/mol. The van der Waals surface area contributed by atoms with Gasteiger partial charge in [-0.1, -0.05) is 0 Å². The molecule has 1 aliphatic heterocycles. The average molecular weight is 271 g/mol. The molecule has 5 heteroatoms. The highest BCUT2D eigenvalue weighted by Gasteiger charge is 2.44. The number of halogens is 1. The number of rotatable bonds is 3. The van der Waals surface area contributed by atoms with Gasteiger partial charge in [0.15, 0.2) is 0 Å². The van der Waals surface area contributed by atoms with Crippen LogP contribution in [0.2, 0.25) is 0 Å². The van der Waals surface area contributed by atoms with Gasteiger partial charge >= 0.3 is 5.97 Å². The first-order valence-corrected chi connectivity index (χ1v) is 5.46. The molecule has 2 rings (SSSR count). The van der Waals surface area contributed by atoms with Gasteiger partial charge in [-0.25, -0.2) is 0 Å². The lowest BCUT2D eigenvalue weighted by molar-refractivity contribution is -0.152. The Kier molecular flexibility index (Phi) is 2.75. The predicted octanol–water partition coefficient (Wildman–Crippen LogP) is 1.06. The van der Waals surface area contributed by atoms with E-state index in [0.29, 0.717) is 19.5 Å². The van der Waals surface area contributed by atoms with Crippen molar-refractivity contribution < 1.29 is 9.90 Å². The van der Waals surface area contributed by atoms with Crippen molar-refractivity contribution in [3.63, 3.8) is 0 Å². The van der Waals surface area contributed by atoms with E-state index in [9.17, 15) is 4.79 Å². The van der Waals surface area contributed by atoms with Crippen molar-refractivity contribution in [2.75, 3.05) is 13.1 Å². The van der Waals surface area contributed by atoms with E-state index in [2.05, 4.69) is 26.2 Å². The molecular formula is C10H11BrN2O2. The van der Waals surface area contributed by atoms with Crippen molar-refractivity contribution in [2.24, 2.45) is 5.41 Å². The van der Waals surface area contributed by atoms with E-state index in [1.807, 2.05) is 12.1 Å². The highest BCUT2D eigenvalue weighted by molar-refractivity contribution is 9.10. The molecule has 1 aliphatic rings. The van der Waals surface area contributed by atoms with Crippen LogP contribution in [0.3, 0.4) is 0 Å². The zero-order valence-corrected chi connectivity index (χ0v) is 9.62. The number of carboxylic acid groups (broad SMARTS) is 1. The average Bonchev–Trinajstić information content (AvgIpc) is 2.13. The molecule has 15 heavy (non-hydrogen) atoms. The van der Waals surface area contributed by atoms with Gasteiger partial charge in [0.25, 0.3) is 0 Å².